The summed E-state index contributed by atoms with van der Waals surface area (Å²) in [5, 5.41) is 7.03. The Balaban J connectivity index is 1.98. The summed E-state index contributed by atoms with van der Waals surface area (Å²) >= 11 is 1.66. The molecule has 0 aliphatic heterocycles. The minimum Gasteiger partial charge on any atom is -0.324 e. The van der Waals surface area contributed by atoms with Crippen LogP contribution < -0.4 is 10.2 Å². The van der Waals surface area contributed by atoms with Gasteiger partial charge in [0.25, 0.3) is 5.91 Å². The Morgan fingerprint density at radius 2 is 2.09 bits per heavy atom. The van der Waals surface area contributed by atoms with Gasteiger partial charge < -0.3 is 10.2 Å². The fourth-order valence-electron chi connectivity index (χ4n) is 2.16. The van der Waals surface area contributed by atoms with Crippen LogP contribution in [-0.4, -0.2) is 24.8 Å². The summed E-state index contributed by atoms with van der Waals surface area (Å²) in [5.74, 6) is -0.0576. The molecule has 0 saturated heterocycles. The number of hydrogen-bond donors (Lipinski definition) is 2. The van der Waals surface area contributed by atoms with Gasteiger partial charge in [-0.05, 0) is 42.8 Å². The Morgan fingerprint density at radius 1 is 1.32 bits per heavy atom. The summed E-state index contributed by atoms with van der Waals surface area (Å²) in [6, 6.07) is 8.93. The number of quaternary nitrogens is 1. The number of rotatable bonds is 6. The van der Waals surface area contributed by atoms with Crippen LogP contribution in [0, 0.1) is 0 Å². The van der Waals surface area contributed by atoms with Crippen molar-refractivity contribution < 1.29 is 14.5 Å². The first-order chi connectivity index (χ1) is 10.5. The molecule has 0 bridgehead atoms. The molecule has 4 nitrogen and oxygen atoms in total. The van der Waals surface area contributed by atoms with Crippen molar-refractivity contribution in [1.29, 1.82) is 0 Å². The molecule has 1 aromatic heterocycles. The van der Waals surface area contributed by atoms with E-state index >= 15 is 0 Å². The SMILES string of the molecule is CC(=O)c1cccc(NC(=O)[C@H](C)[NH+](C)Cc2ccsc2)c1. The Bertz CT molecular complexity index is 652. The van der Waals surface area contributed by atoms with E-state index in [-0.39, 0.29) is 17.7 Å². The maximum atomic E-state index is 12.3. The fourth-order valence-corrected chi connectivity index (χ4v) is 2.83. The second-order valence-electron chi connectivity index (χ2n) is 5.50. The second-order valence-corrected chi connectivity index (χ2v) is 6.28. The molecule has 0 radical (unpaired) electrons. The molecule has 0 fully saturated rings. The van der Waals surface area contributed by atoms with E-state index in [9.17, 15) is 9.59 Å². The number of thiophene rings is 1. The third-order valence-electron chi connectivity index (χ3n) is 3.73. The average molecular weight is 317 g/mol. The van der Waals surface area contributed by atoms with Crippen molar-refractivity contribution in [2.75, 3.05) is 12.4 Å². The highest BCUT2D eigenvalue weighted by Crippen LogP contribution is 2.11. The predicted molar refractivity (Wildman–Crippen MR) is 89.4 cm³/mol. The maximum absolute atomic E-state index is 12.3. The number of anilines is 1. The van der Waals surface area contributed by atoms with Crippen molar-refractivity contribution in [3.8, 4) is 0 Å². The largest absolute Gasteiger partial charge is 0.324 e. The lowest BCUT2D eigenvalue weighted by Crippen LogP contribution is -3.12. The van der Waals surface area contributed by atoms with Gasteiger partial charge in [-0.1, -0.05) is 12.1 Å². The Labute approximate surface area is 134 Å². The zero-order valence-electron chi connectivity index (χ0n) is 13.1. The normalized spacial score (nSPS) is 13.4. The van der Waals surface area contributed by atoms with Gasteiger partial charge in [0.2, 0.25) is 0 Å². The van der Waals surface area contributed by atoms with Crippen molar-refractivity contribution in [2.45, 2.75) is 26.4 Å². The average Bonchev–Trinajstić information content (AvgIpc) is 2.99. The molecule has 2 aromatic rings. The van der Waals surface area contributed by atoms with Crippen LogP contribution in [0.3, 0.4) is 0 Å². The summed E-state index contributed by atoms with van der Waals surface area (Å²) in [5.41, 5.74) is 2.50. The molecule has 1 aromatic carbocycles. The third-order valence-corrected chi connectivity index (χ3v) is 4.46. The van der Waals surface area contributed by atoms with Gasteiger partial charge in [0.05, 0.1) is 7.05 Å². The van der Waals surface area contributed by atoms with E-state index in [0.29, 0.717) is 11.3 Å². The second kappa shape index (κ2) is 7.33. The van der Waals surface area contributed by atoms with E-state index in [1.165, 1.54) is 12.5 Å². The zero-order chi connectivity index (χ0) is 16.1. The number of Topliss-reactive ketones (excluding diaryl/α,β-unsaturated/α-hetero) is 1. The monoisotopic (exact) mass is 317 g/mol. The molecule has 0 aliphatic carbocycles. The lowest BCUT2D eigenvalue weighted by atomic mass is 10.1. The summed E-state index contributed by atoms with van der Waals surface area (Å²) in [6.45, 7) is 4.24. The van der Waals surface area contributed by atoms with Gasteiger partial charge in [-0.25, -0.2) is 0 Å². The van der Waals surface area contributed by atoms with Crippen LogP contribution in [0.25, 0.3) is 0 Å². The van der Waals surface area contributed by atoms with Gasteiger partial charge >= 0.3 is 0 Å². The highest BCUT2D eigenvalue weighted by Gasteiger charge is 2.22. The standard InChI is InChI=1S/C17H20N2O2S/c1-12(19(3)10-14-7-8-22-11-14)17(21)18-16-6-4-5-15(9-16)13(2)20/h4-9,11-12H,10H2,1-3H3,(H,18,21)/p+1/t12-/m0/s1. The van der Waals surface area contributed by atoms with E-state index < -0.39 is 0 Å². The molecule has 22 heavy (non-hydrogen) atoms. The number of hydrogen-bond acceptors (Lipinski definition) is 3. The first-order valence-corrected chi connectivity index (χ1v) is 8.17. The van der Waals surface area contributed by atoms with Gasteiger partial charge in [-0.2, -0.15) is 11.3 Å². The fraction of sp³-hybridized carbons (Fsp3) is 0.294. The van der Waals surface area contributed by atoms with E-state index in [0.717, 1.165) is 11.4 Å². The van der Waals surface area contributed by atoms with Crippen molar-refractivity contribution in [2.24, 2.45) is 0 Å². The van der Waals surface area contributed by atoms with Gasteiger partial charge in [-0.15, -0.1) is 0 Å². The Kier molecular flexibility index (Phi) is 5.46. The molecular weight excluding hydrogens is 296 g/mol. The molecule has 1 unspecified atom stereocenters. The highest BCUT2D eigenvalue weighted by molar-refractivity contribution is 7.07. The van der Waals surface area contributed by atoms with Crippen molar-refractivity contribution in [3.05, 3.63) is 52.2 Å². The van der Waals surface area contributed by atoms with Crippen LogP contribution in [0.4, 0.5) is 5.69 Å². The molecule has 5 heteroatoms. The summed E-state index contributed by atoms with van der Waals surface area (Å²) in [7, 11) is 2.01. The van der Waals surface area contributed by atoms with Crippen LogP contribution >= 0.6 is 11.3 Å². The molecule has 2 N–H and O–H groups in total. The Morgan fingerprint density at radius 3 is 2.73 bits per heavy atom. The van der Waals surface area contributed by atoms with Crippen LogP contribution in [0.2, 0.25) is 0 Å². The lowest BCUT2D eigenvalue weighted by molar-refractivity contribution is -0.907. The summed E-state index contributed by atoms with van der Waals surface area (Å²) < 4.78 is 0. The smallest absolute Gasteiger partial charge is 0.282 e. The van der Waals surface area contributed by atoms with Crippen LogP contribution in [-0.2, 0) is 11.3 Å². The predicted octanol–water partition coefficient (Wildman–Crippen LogP) is 1.99. The molecule has 1 heterocycles. The number of benzene rings is 1. The number of nitrogens with one attached hydrogen (secondary N) is 2. The summed E-state index contributed by atoms with van der Waals surface area (Å²) in [6.07, 6.45) is 0. The molecule has 0 spiro atoms. The van der Waals surface area contributed by atoms with Crippen LogP contribution in [0.15, 0.2) is 41.1 Å². The lowest BCUT2D eigenvalue weighted by Gasteiger charge is -2.20. The Hall–Kier alpha value is -1.98. The van der Waals surface area contributed by atoms with Crippen molar-refractivity contribution in [1.82, 2.24) is 0 Å². The number of likely N-dealkylation sites (N-methyl/N-ethyl adjacent to an activating group) is 1. The highest BCUT2D eigenvalue weighted by atomic mass is 32.1. The maximum Gasteiger partial charge on any atom is 0.282 e. The molecule has 0 aliphatic rings. The molecule has 116 valence electrons. The van der Waals surface area contributed by atoms with E-state index in [1.54, 1.807) is 35.6 Å². The van der Waals surface area contributed by atoms with E-state index in [2.05, 4.69) is 16.8 Å². The third kappa shape index (κ3) is 4.26. The van der Waals surface area contributed by atoms with Gasteiger partial charge in [0, 0.05) is 16.8 Å². The first-order valence-electron chi connectivity index (χ1n) is 7.22. The van der Waals surface area contributed by atoms with Gasteiger partial charge in [-0.3, -0.25) is 9.59 Å². The topological polar surface area (TPSA) is 50.6 Å². The van der Waals surface area contributed by atoms with Gasteiger partial charge in [0.15, 0.2) is 11.8 Å². The molecular formula is C17H21N2O2S+. The number of carbonyl (C=O) groups is 2. The van der Waals surface area contributed by atoms with Crippen LogP contribution in [0.5, 0.6) is 0 Å². The first kappa shape index (κ1) is 16.4. The van der Waals surface area contributed by atoms with Crippen LogP contribution in [0.1, 0.15) is 29.8 Å². The zero-order valence-corrected chi connectivity index (χ0v) is 13.9. The van der Waals surface area contributed by atoms with Crippen molar-refractivity contribution >= 4 is 28.7 Å². The number of amides is 1. The molecule has 1 amide bonds. The molecule has 2 atom stereocenters. The number of carbonyl (C=O) groups excluding carboxylic acids is 2. The van der Waals surface area contributed by atoms with Crippen molar-refractivity contribution in [3.63, 3.8) is 0 Å². The molecule has 0 saturated carbocycles. The quantitative estimate of drug-likeness (QED) is 0.801. The summed E-state index contributed by atoms with van der Waals surface area (Å²) in [4.78, 5) is 24.9. The minimum atomic E-state index is -0.180. The minimum absolute atomic E-state index is 0.00986. The van der Waals surface area contributed by atoms with Gasteiger partial charge in [0.1, 0.15) is 6.54 Å². The van der Waals surface area contributed by atoms with E-state index in [1.807, 2.05) is 19.4 Å². The van der Waals surface area contributed by atoms with E-state index in [4.69, 9.17) is 0 Å². The molecule has 2 rings (SSSR count). The number of ketones is 1.